The van der Waals surface area contributed by atoms with Gasteiger partial charge < -0.3 is 34.8 Å². The number of carbonyl (C=O) groups is 3. The molecule has 2 aliphatic carbocycles. The predicted molar refractivity (Wildman–Crippen MR) is 181 cm³/mol. The Bertz CT molecular complexity index is 1820. The van der Waals surface area contributed by atoms with Crippen molar-refractivity contribution in [2.75, 3.05) is 20.8 Å². The van der Waals surface area contributed by atoms with Crippen LogP contribution in [0.25, 0.3) is 33.6 Å². The van der Waals surface area contributed by atoms with Crippen molar-refractivity contribution in [2.24, 2.45) is 17.8 Å². The first-order valence-corrected chi connectivity index (χ1v) is 17.0. The zero-order valence-electron chi connectivity index (χ0n) is 27.9. The number of aromatic nitrogens is 4. The molecule has 2 amide bonds. The summed E-state index contributed by atoms with van der Waals surface area (Å²) in [7, 11) is 2.76. The van der Waals surface area contributed by atoms with E-state index in [4.69, 9.17) is 9.47 Å². The Morgan fingerprint density at radius 1 is 0.857 bits per heavy atom. The number of amides is 2. The second-order valence-corrected chi connectivity index (χ2v) is 13.5. The minimum absolute atomic E-state index is 0.0410. The van der Waals surface area contributed by atoms with E-state index in [-0.39, 0.29) is 29.7 Å². The summed E-state index contributed by atoms with van der Waals surface area (Å²) >= 11 is 0. The van der Waals surface area contributed by atoms with Crippen LogP contribution < -0.4 is 5.32 Å². The number of aromatic amines is 2. The average Bonchev–Trinajstić information content (AvgIpc) is 3.98. The number of nitrogens with one attached hydrogen (secondary N) is 3. The highest BCUT2D eigenvalue weighted by Gasteiger charge is 2.52. The van der Waals surface area contributed by atoms with Crippen molar-refractivity contribution < 1.29 is 29.0 Å². The molecule has 256 valence electrons. The van der Waals surface area contributed by atoms with Crippen LogP contribution in [0.5, 0.6) is 0 Å². The van der Waals surface area contributed by atoms with E-state index >= 15 is 0 Å². The van der Waals surface area contributed by atoms with Crippen LogP contribution in [0.4, 0.5) is 4.79 Å². The molecule has 7 atom stereocenters. The quantitative estimate of drug-likeness (QED) is 0.166. The molecule has 1 aliphatic heterocycles. The molecular formula is C37H42N6O6. The van der Waals surface area contributed by atoms with Crippen LogP contribution in [0, 0.1) is 17.8 Å². The maximum atomic E-state index is 13.6. The third-order valence-corrected chi connectivity index (χ3v) is 10.9. The fraction of sp³-hybridized carbons (Fsp3) is 0.432. The van der Waals surface area contributed by atoms with Gasteiger partial charge in [-0.05, 0) is 73.1 Å². The summed E-state index contributed by atoms with van der Waals surface area (Å²) in [4.78, 5) is 55.4. The van der Waals surface area contributed by atoms with E-state index in [0.717, 1.165) is 71.6 Å². The molecule has 0 radical (unpaired) electrons. The number of likely N-dealkylation sites (tertiary alicyclic amines) is 1. The van der Waals surface area contributed by atoms with Crippen molar-refractivity contribution in [2.45, 2.75) is 63.1 Å². The van der Waals surface area contributed by atoms with Crippen molar-refractivity contribution in [3.05, 3.63) is 72.6 Å². The van der Waals surface area contributed by atoms with Gasteiger partial charge >= 0.3 is 12.1 Å². The number of H-pyrrole nitrogens is 2. The van der Waals surface area contributed by atoms with Gasteiger partial charge in [-0.25, -0.2) is 14.8 Å². The molecule has 2 saturated carbocycles. The smallest absolute Gasteiger partial charge is 0.407 e. The van der Waals surface area contributed by atoms with Crippen LogP contribution >= 0.6 is 0 Å². The Kier molecular flexibility index (Phi) is 8.98. The third kappa shape index (κ3) is 6.21. The molecule has 3 aliphatic rings. The number of methoxy groups -OCH3 is 2. The molecule has 3 heterocycles. The number of aliphatic carboxylic acids is 1. The highest BCUT2D eigenvalue weighted by molar-refractivity contribution is 5.87. The SMILES string of the molecule is COC(=O)N[C@H](C(=O)N1CCC[C@H]1c1ncc(-c2ccc(-c3ccc(-c4cnc(C5C6CCC(C6)C5C(=O)O)[nH]4)cc3)cc2)[nH]1)[C@@H](C)OC. The lowest BCUT2D eigenvalue weighted by Crippen LogP contribution is -2.54. The van der Waals surface area contributed by atoms with Gasteiger partial charge in [-0.1, -0.05) is 48.5 Å². The number of fused-ring (bicyclic) bond motifs is 2. The molecule has 12 heteroatoms. The van der Waals surface area contributed by atoms with E-state index in [0.29, 0.717) is 18.3 Å². The lowest BCUT2D eigenvalue weighted by molar-refractivity contribution is -0.144. The van der Waals surface area contributed by atoms with Gasteiger partial charge in [-0.2, -0.15) is 0 Å². The standard InChI is InChI=1S/C37H42N6O6/c1-20(48-2)32(42-37(47)49-3)35(44)43-16-4-5-29(43)33-38-18-27(40-33)23-10-6-21(7-11-23)22-8-12-24(13-9-22)28-19-39-34(41-28)30-25-14-15-26(17-25)31(30)36(45)46/h6-13,18-20,25-26,29-32H,4-5,14-17H2,1-3H3,(H,38,40)(H,39,41)(H,42,47)(H,45,46)/t20-,25?,26?,29+,30?,31?,32+/m1/s1. The van der Waals surface area contributed by atoms with Gasteiger partial charge in [0.2, 0.25) is 5.91 Å². The maximum Gasteiger partial charge on any atom is 0.407 e. The number of rotatable bonds is 10. The molecule has 4 N–H and O–H groups in total. The van der Waals surface area contributed by atoms with Crippen molar-refractivity contribution in [3.8, 4) is 33.6 Å². The number of hydrogen-bond donors (Lipinski definition) is 4. The van der Waals surface area contributed by atoms with Crippen LogP contribution in [-0.2, 0) is 19.1 Å². The number of carboxylic acid groups (broad SMARTS) is 1. The summed E-state index contributed by atoms with van der Waals surface area (Å²) in [5.41, 5.74) is 5.85. The second kappa shape index (κ2) is 13.5. The monoisotopic (exact) mass is 666 g/mol. The van der Waals surface area contributed by atoms with E-state index in [9.17, 15) is 19.5 Å². The van der Waals surface area contributed by atoms with Gasteiger partial charge in [0.05, 0.1) is 49.0 Å². The topological polar surface area (TPSA) is 163 Å². The minimum Gasteiger partial charge on any atom is -0.481 e. The normalized spacial score (nSPS) is 24.1. The number of benzene rings is 2. The minimum atomic E-state index is -0.885. The average molecular weight is 667 g/mol. The highest BCUT2D eigenvalue weighted by Crippen LogP contribution is 2.56. The van der Waals surface area contributed by atoms with Crippen molar-refractivity contribution in [1.82, 2.24) is 30.2 Å². The van der Waals surface area contributed by atoms with E-state index in [1.165, 1.54) is 14.2 Å². The number of carboxylic acids is 1. The molecule has 2 aromatic heterocycles. The highest BCUT2D eigenvalue weighted by atomic mass is 16.5. The second-order valence-electron chi connectivity index (χ2n) is 13.5. The van der Waals surface area contributed by atoms with Crippen molar-refractivity contribution >= 4 is 18.0 Å². The number of hydrogen-bond acceptors (Lipinski definition) is 7. The number of ether oxygens (including phenoxy) is 2. The molecule has 2 bridgehead atoms. The summed E-state index contributed by atoms with van der Waals surface area (Å²) in [6, 6.07) is 15.4. The van der Waals surface area contributed by atoms with Gasteiger partial charge in [0, 0.05) is 19.6 Å². The van der Waals surface area contributed by atoms with Crippen molar-refractivity contribution in [1.29, 1.82) is 0 Å². The third-order valence-electron chi connectivity index (χ3n) is 10.9. The molecule has 7 rings (SSSR count). The largest absolute Gasteiger partial charge is 0.481 e. The van der Waals surface area contributed by atoms with Gasteiger partial charge in [0.25, 0.3) is 0 Å². The predicted octanol–water partition coefficient (Wildman–Crippen LogP) is 5.77. The lowest BCUT2D eigenvalue weighted by Gasteiger charge is -2.30. The zero-order valence-corrected chi connectivity index (χ0v) is 27.9. The Hall–Kier alpha value is -4.97. The lowest BCUT2D eigenvalue weighted by atomic mass is 9.79. The Labute approximate surface area is 284 Å². The molecule has 3 fully saturated rings. The first-order chi connectivity index (χ1) is 23.7. The van der Waals surface area contributed by atoms with Crippen molar-refractivity contribution in [3.63, 3.8) is 0 Å². The fourth-order valence-corrected chi connectivity index (χ4v) is 8.23. The van der Waals surface area contributed by atoms with Gasteiger partial charge in [0.15, 0.2) is 0 Å². The van der Waals surface area contributed by atoms with Crippen LogP contribution in [0.2, 0.25) is 0 Å². The Morgan fingerprint density at radius 3 is 2.02 bits per heavy atom. The number of imidazole rings is 2. The first-order valence-electron chi connectivity index (χ1n) is 17.0. The van der Waals surface area contributed by atoms with Crippen LogP contribution in [0.3, 0.4) is 0 Å². The van der Waals surface area contributed by atoms with Crippen LogP contribution in [0.1, 0.15) is 62.6 Å². The Morgan fingerprint density at radius 2 is 1.43 bits per heavy atom. The summed E-state index contributed by atoms with van der Waals surface area (Å²) in [6.45, 7) is 2.29. The van der Waals surface area contributed by atoms with Gasteiger partial charge in [-0.3, -0.25) is 9.59 Å². The molecule has 49 heavy (non-hydrogen) atoms. The molecule has 2 aromatic carbocycles. The summed E-state index contributed by atoms with van der Waals surface area (Å²) in [5.74, 6) is 0.812. The van der Waals surface area contributed by atoms with E-state index in [1.807, 2.05) is 18.3 Å². The van der Waals surface area contributed by atoms with Crippen LogP contribution in [-0.4, -0.2) is 80.8 Å². The summed E-state index contributed by atoms with van der Waals surface area (Å²) in [6.07, 6.45) is 7.02. The van der Waals surface area contributed by atoms with Crippen LogP contribution in [0.15, 0.2) is 60.9 Å². The van der Waals surface area contributed by atoms with E-state index in [1.54, 1.807) is 18.0 Å². The number of alkyl carbamates (subject to hydrolysis) is 1. The summed E-state index contributed by atoms with van der Waals surface area (Å²) < 4.78 is 10.1. The fourth-order valence-electron chi connectivity index (χ4n) is 8.23. The molecule has 4 unspecified atom stereocenters. The maximum absolute atomic E-state index is 13.6. The molecule has 0 spiro atoms. The molecule has 12 nitrogen and oxygen atoms in total. The Balaban J connectivity index is 1.02. The van der Waals surface area contributed by atoms with E-state index in [2.05, 4.69) is 61.7 Å². The first kappa shape index (κ1) is 32.6. The van der Waals surface area contributed by atoms with Gasteiger partial charge in [0.1, 0.15) is 17.7 Å². The zero-order chi connectivity index (χ0) is 34.2. The van der Waals surface area contributed by atoms with E-state index < -0.39 is 24.2 Å². The number of carbonyl (C=O) groups excluding carboxylic acids is 2. The molecule has 4 aromatic rings. The molecular weight excluding hydrogens is 624 g/mol. The molecule has 1 saturated heterocycles. The number of nitrogens with zero attached hydrogens (tertiary/aromatic N) is 3. The van der Waals surface area contributed by atoms with Gasteiger partial charge in [-0.15, -0.1) is 0 Å². The summed E-state index contributed by atoms with van der Waals surface area (Å²) in [5, 5.41) is 12.5.